The fourth-order valence-corrected chi connectivity index (χ4v) is 1.58. The minimum atomic E-state index is 1.10. The Morgan fingerprint density at radius 3 is 2.77 bits per heavy atom. The van der Waals surface area contributed by atoms with Crippen LogP contribution in [0, 0.1) is 0 Å². The molecular formula is C10H7N3. The molecule has 1 N–H and O–H groups in total. The molecule has 13 heavy (non-hydrogen) atoms. The molecule has 0 atom stereocenters. The van der Waals surface area contributed by atoms with Crippen LogP contribution >= 0.6 is 0 Å². The Kier molecular flexibility index (Phi) is 1.16. The van der Waals surface area contributed by atoms with E-state index < -0.39 is 0 Å². The summed E-state index contributed by atoms with van der Waals surface area (Å²) < 4.78 is 0. The molecule has 0 fully saturated rings. The molecule has 1 aromatic carbocycles. The van der Waals surface area contributed by atoms with Gasteiger partial charge in [0.1, 0.15) is 0 Å². The summed E-state index contributed by atoms with van der Waals surface area (Å²) in [5.74, 6) is 0. The molecule has 0 aliphatic rings. The summed E-state index contributed by atoms with van der Waals surface area (Å²) in [5, 5.41) is 3.43. The average Bonchev–Trinajstić information content (AvgIpc) is 2.65. The number of aromatic amines is 1. The number of H-pyrrole nitrogens is 1. The van der Waals surface area contributed by atoms with Gasteiger partial charge in [-0.25, -0.2) is 4.98 Å². The quantitative estimate of drug-likeness (QED) is 0.560. The zero-order valence-corrected chi connectivity index (χ0v) is 6.86. The maximum atomic E-state index is 4.11. The Hall–Kier alpha value is -1.90. The summed E-state index contributed by atoms with van der Waals surface area (Å²) in [6.07, 6.45) is 7.27. The number of fused-ring (bicyclic) bond motifs is 3. The van der Waals surface area contributed by atoms with E-state index in [9.17, 15) is 0 Å². The fraction of sp³-hybridized carbons (Fsp3) is 0. The van der Waals surface area contributed by atoms with E-state index in [1.165, 1.54) is 0 Å². The van der Waals surface area contributed by atoms with Crippen LogP contribution in [0.1, 0.15) is 0 Å². The first-order chi connectivity index (χ1) is 6.45. The van der Waals surface area contributed by atoms with Crippen LogP contribution in [0.5, 0.6) is 0 Å². The predicted octanol–water partition coefficient (Wildman–Crippen LogP) is 2.11. The van der Waals surface area contributed by atoms with Gasteiger partial charge in [-0.1, -0.05) is 12.1 Å². The highest BCUT2D eigenvalue weighted by Gasteiger charge is 2.00. The van der Waals surface area contributed by atoms with Crippen LogP contribution in [-0.4, -0.2) is 15.0 Å². The van der Waals surface area contributed by atoms with Crippen LogP contribution in [0.2, 0.25) is 0 Å². The maximum Gasteiger partial charge on any atom is 0.0923 e. The summed E-state index contributed by atoms with van der Waals surface area (Å²) >= 11 is 0. The molecule has 62 valence electrons. The van der Waals surface area contributed by atoms with Gasteiger partial charge in [-0.2, -0.15) is 0 Å². The largest absolute Gasteiger partial charge is 0.345 e. The van der Waals surface area contributed by atoms with Gasteiger partial charge < -0.3 is 4.98 Å². The third-order valence-corrected chi connectivity index (χ3v) is 2.23. The second kappa shape index (κ2) is 2.29. The molecule has 2 aromatic heterocycles. The van der Waals surface area contributed by atoms with Gasteiger partial charge in [0, 0.05) is 34.7 Å². The molecule has 0 saturated heterocycles. The number of hydrogen-bond donors (Lipinski definition) is 1. The molecule has 0 spiro atoms. The van der Waals surface area contributed by atoms with Crippen molar-refractivity contribution in [2.24, 2.45) is 0 Å². The summed E-state index contributed by atoms with van der Waals surface area (Å²) in [7, 11) is 0. The molecule has 0 unspecified atom stereocenters. The van der Waals surface area contributed by atoms with E-state index in [-0.39, 0.29) is 0 Å². The van der Waals surface area contributed by atoms with Gasteiger partial charge in [0.15, 0.2) is 0 Å². The van der Waals surface area contributed by atoms with Crippen LogP contribution in [0.3, 0.4) is 0 Å². The van der Waals surface area contributed by atoms with Gasteiger partial charge >= 0.3 is 0 Å². The van der Waals surface area contributed by atoms with Crippen molar-refractivity contribution in [2.75, 3.05) is 0 Å². The van der Waals surface area contributed by atoms with Crippen molar-refractivity contribution in [3.05, 3.63) is 37.1 Å². The highest BCUT2D eigenvalue weighted by Crippen LogP contribution is 2.21. The molecule has 0 amide bonds. The molecule has 0 aliphatic carbocycles. The van der Waals surface area contributed by atoms with E-state index in [2.05, 4.69) is 21.0 Å². The van der Waals surface area contributed by atoms with Crippen LogP contribution < -0.4 is 0 Å². The first-order valence-corrected chi connectivity index (χ1v) is 4.10. The Balaban J connectivity index is 2.65. The van der Waals surface area contributed by atoms with Crippen LogP contribution in [0.4, 0.5) is 0 Å². The molecule has 0 aliphatic heterocycles. The zero-order valence-electron chi connectivity index (χ0n) is 6.86. The van der Waals surface area contributed by atoms with Crippen molar-refractivity contribution < 1.29 is 0 Å². The van der Waals surface area contributed by atoms with Gasteiger partial charge in [0.05, 0.1) is 11.8 Å². The van der Waals surface area contributed by atoms with E-state index in [4.69, 9.17) is 0 Å². The summed E-state index contributed by atoms with van der Waals surface area (Å²) in [6.45, 7) is 0. The van der Waals surface area contributed by atoms with E-state index in [0.717, 1.165) is 21.7 Å². The predicted molar refractivity (Wildman–Crippen MR) is 51.4 cm³/mol. The minimum Gasteiger partial charge on any atom is -0.345 e. The topological polar surface area (TPSA) is 41.6 Å². The number of rotatable bonds is 0. The summed E-state index contributed by atoms with van der Waals surface area (Å²) in [6, 6.07) is 4.10. The Morgan fingerprint density at radius 1 is 0.923 bits per heavy atom. The number of nitrogens with one attached hydrogen (secondary N) is 1. The highest BCUT2D eigenvalue weighted by atomic mass is 14.8. The molecule has 3 rings (SSSR count). The standard InChI is InChI=1S/C10H7N3/c1-2-8-4-12-6-13-10(8)9-5-11-3-7(1)9/h1-6H,(H,12,13). The second-order valence-corrected chi connectivity index (χ2v) is 2.99. The first kappa shape index (κ1) is 6.60. The Labute approximate surface area is 74.4 Å². The van der Waals surface area contributed by atoms with Gasteiger partial charge in [-0.05, 0) is 0 Å². The Bertz CT molecular complexity index is 568. The maximum absolute atomic E-state index is 4.11. The second-order valence-electron chi connectivity index (χ2n) is 2.99. The van der Waals surface area contributed by atoms with Gasteiger partial charge in [-0.15, -0.1) is 0 Å². The van der Waals surface area contributed by atoms with Crippen molar-refractivity contribution in [3.8, 4) is 0 Å². The number of benzene rings is 1. The van der Waals surface area contributed by atoms with Crippen molar-refractivity contribution in [1.29, 1.82) is 0 Å². The number of hydrogen-bond acceptors (Lipinski definition) is 2. The SMILES string of the molecule is c1ncc2ccc3cncc3c2[nH]1. The highest BCUT2D eigenvalue weighted by molar-refractivity contribution is 6.04. The van der Waals surface area contributed by atoms with Crippen LogP contribution in [-0.2, 0) is 0 Å². The van der Waals surface area contributed by atoms with E-state index in [0.29, 0.717) is 0 Å². The fourth-order valence-electron chi connectivity index (χ4n) is 1.58. The lowest BCUT2D eigenvalue weighted by Crippen LogP contribution is -1.80. The minimum absolute atomic E-state index is 1.10. The lowest BCUT2D eigenvalue weighted by Gasteiger charge is -1.97. The van der Waals surface area contributed by atoms with Gasteiger partial charge in [-0.3, -0.25) is 4.98 Å². The molecular weight excluding hydrogens is 162 g/mol. The molecule has 0 saturated carbocycles. The lowest BCUT2D eigenvalue weighted by molar-refractivity contribution is 1.23. The van der Waals surface area contributed by atoms with Crippen molar-refractivity contribution in [3.63, 3.8) is 0 Å². The molecule has 2 heterocycles. The normalized spacial score (nSPS) is 11.1. The molecule has 3 nitrogen and oxygen atoms in total. The smallest absolute Gasteiger partial charge is 0.0923 e. The summed E-state index contributed by atoms with van der Waals surface area (Å²) in [4.78, 5) is 11.3. The molecule has 0 radical (unpaired) electrons. The number of aromatic nitrogens is 3. The zero-order chi connectivity index (χ0) is 8.67. The van der Waals surface area contributed by atoms with E-state index in [1.54, 1.807) is 6.33 Å². The molecule has 0 bridgehead atoms. The monoisotopic (exact) mass is 169 g/mol. The van der Waals surface area contributed by atoms with Crippen LogP contribution in [0.25, 0.3) is 21.7 Å². The van der Waals surface area contributed by atoms with Gasteiger partial charge in [0.25, 0.3) is 0 Å². The van der Waals surface area contributed by atoms with Gasteiger partial charge in [0.2, 0.25) is 0 Å². The van der Waals surface area contributed by atoms with Crippen molar-refractivity contribution >= 4 is 21.7 Å². The third kappa shape index (κ3) is 0.839. The van der Waals surface area contributed by atoms with Crippen molar-refractivity contribution in [2.45, 2.75) is 0 Å². The number of nitrogens with zero attached hydrogens (tertiary/aromatic N) is 2. The average molecular weight is 169 g/mol. The lowest BCUT2D eigenvalue weighted by atomic mass is 10.1. The molecule has 3 heteroatoms. The third-order valence-electron chi connectivity index (χ3n) is 2.23. The van der Waals surface area contributed by atoms with E-state index >= 15 is 0 Å². The molecule has 3 aromatic rings. The van der Waals surface area contributed by atoms with Crippen molar-refractivity contribution in [1.82, 2.24) is 15.0 Å². The van der Waals surface area contributed by atoms with E-state index in [1.807, 2.05) is 24.7 Å². The Morgan fingerprint density at radius 2 is 1.77 bits per heavy atom. The summed E-state index contributed by atoms with van der Waals surface area (Å²) in [5.41, 5.74) is 1.10. The first-order valence-electron chi connectivity index (χ1n) is 4.10. The van der Waals surface area contributed by atoms with Crippen LogP contribution in [0.15, 0.2) is 37.1 Å².